The van der Waals surface area contributed by atoms with Gasteiger partial charge in [0.05, 0.1) is 10.2 Å². The topological polar surface area (TPSA) is 25.8 Å². The molecule has 0 spiro atoms. The Morgan fingerprint density at radius 2 is 2.42 bits per heavy atom. The van der Waals surface area contributed by atoms with Crippen molar-refractivity contribution in [1.29, 1.82) is 0 Å². The van der Waals surface area contributed by atoms with Crippen LogP contribution in [0.25, 0.3) is 16.3 Å². The fraction of sp³-hybridized carbons (Fsp3) is 0. The Morgan fingerprint density at radius 1 is 1.58 bits per heavy atom. The molecule has 0 N–H and O–H groups in total. The zero-order valence-corrected chi connectivity index (χ0v) is 7.69. The molecule has 4 heteroatoms. The molecule has 2 heterocycles. The van der Waals surface area contributed by atoms with E-state index in [-0.39, 0.29) is 5.28 Å². The minimum absolute atomic E-state index is 0.281. The molecule has 12 heavy (non-hydrogen) atoms. The lowest BCUT2D eigenvalue weighted by Crippen LogP contribution is -1.80. The second-order valence-corrected chi connectivity index (χ2v) is 3.50. The Labute approximate surface area is 78.5 Å². The highest BCUT2D eigenvalue weighted by atomic mass is 35.5. The lowest BCUT2D eigenvalue weighted by molar-refractivity contribution is 1.23. The van der Waals surface area contributed by atoms with Gasteiger partial charge in [-0.2, -0.15) is 0 Å². The van der Waals surface area contributed by atoms with Crippen LogP contribution in [0.4, 0.5) is 0 Å². The highest BCUT2D eigenvalue weighted by Gasteiger charge is 2.03. The maximum Gasteiger partial charge on any atom is 0.222 e. The molecule has 60 valence electrons. The van der Waals surface area contributed by atoms with Crippen molar-refractivity contribution in [2.75, 3.05) is 0 Å². The minimum Gasteiger partial charge on any atom is -0.225 e. The predicted molar refractivity (Wildman–Crippen MR) is 52.5 cm³/mol. The molecule has 0 saturated carbocycles. The Kier molecular flexibility index (Phi) is 1.83. The lowest BCUT2D eigenvalue weighted by Gasteiger charge is -1.90. The first-order valence-corrected chi connectivity index (χ1v) is 4.59. The van der Waals surface area contributed by atoms with Gasteiger partial charge in [-0.05, 0) is 11.6 Å². The Bertz CT molecular complexity index is 436. The third-order valence-electron chi connectivity index (χ3n) is 1.53. The van der Waals surface area contributed by atoms with Crippen LogP contribution in [0.3, 0.4) is 0 Å². The van der Waals surface area contributed by atoms with E-state index in [1.807, 2.05) is 5.38 Å². The van der Waals surface area contributed by atoms with Crippen molar-refractivity contribution in [3.63, 3.8) is 0 Å². The molecule has 0 bridgehead atoms. The van der Waals surface area contributed by atoms with Gasteiger partial charge in [0.15, 0.2) is 0 Å². The Balaban J connectivity index is 2.83. The maximum atomic E-state index is 5.65. The molecule has 2 nitrogen and oxygen atoms in total. The summed E-state index contributed by atoms with van der Waals surface area (Å²) in [6.45, 7) is 3.69. The van der Waals surface area contributed by atoms with Crippen molar-refractivity contribution in [1.82, 2.24) is 9.97 Å². The third-order valence-corrected chi connectivity index (χ3v) is 2.64. The zero-order chi connectivity index (χ0) is 8.55. The molecule has 0 fully saturated rings. The van der Waals surface area contributed by atoms with Crippen LogP contribution in [0.15, 0.2) is 18.2 Å². The normalized spacial score (nSPS) is 10.4. The van der Waals surface area contributed by atoms with E-state index in [1.165, 1.54) is 0 Å². The molecule has 0 radical (unpaired) electrons. The number of thiophene rings is 1. The molecule has 0 aliphatic heterocycles. The van der Waals surface area contributed by atoms with Crippen molar-refractivity contribution in [3.8, 4) is 0 Å². The molecule has 0 aliphatic rings. The van der Waals surface area contributed by atoms with E-state index < -0.39 is 0 Å². The van der Waals surface area contributed by atoms with Crippen molar-refractivity contribution in [3.05, 3.63) is 29.0 Å². The molecular formula is C8H5ClN2S. The van der Waals surface area contributed by atoms with Crippen molar-refractivity contribution in [2.45, 2.75) is 0 Å². The number of hydrogen-bond acceptors (Lipinski definition) is 3. The number of rotatable bonds is 1. The first kappa shape index (κ1) is 7.71. The monoisotopic (exact) mass is 196 g/mol. The van der Waals surface area contributed by atoms with Crippen LogP contribution in [0.1, 0.15) is 5.56 Å². The predicted octanol–water partition coefficient (Wildman–Crippen LogP) is 2.99. The van der Waals surface area contributed by atoms with Crippen molar-refractivity contribution < 1.29 is 0 Å². The van der Waals surface area contributed by atoms with E-state index in [2.05, 4.69) is 16.5 Å². The van der Waals surface area contributed by atoms with Gasteiger partial charge >= 0.3 is 0 Å². The number of hydrogen-bond donors (Lipinski definition) is 0. The molecule has 0 atom stereocenters. The van der Waals surface area contributed by atoms with E-state index in [4.69, 9.17) is 11.6 Å². The van der Waals surface area contributed by atoms with Crippen LogP contribution in [-0.4, -0.2) is 9.97 Å². The third kappa shape index (κ3) is 1.11. The Morgan fingerprint density at radius 3 is 3.17 bits per heavy atom. The standard InChI is InChI=1S/C8H5ClN2S/c1-2-5-4-12-6-3-10-8(9)11-7(5)6/h2-4H,1H2. The Hall–Kier alpha value is -0.930. The average molecular weight is 197 g/mol. The smallest absolute Gasteiger partial charge is 0.222 e. The van der Waals surface area contributed by atoms with Gasteiger partial charge in [-0.25, -0.2) is 9.97 Å². The van der Waals surface area contributed by atoms with Crippen LogP contribution in [0.2, 0.25) is 5.28 Å². The van der Waals surface area contributed by atoms with Gasteiger partial charge < -0.3 is 0 Å². The van der Waals surface area contributed by atoms with E-state index in [1.54, 1.807) is 23.6 Å². The second kappa shape index (κ2) is 2.84. The van der Waals surface area contributed by atoms with E-state index in [0.717, 1.165) is 15.8 Å². The quantitative estimate of drug-likeness (QED) is 0.656. The lowest BCUT2D eigenvalue weighted by atomic mass is 10.3. The van der Waals surface area contributed by atoms with Gasteiger partial charge in [0.25, 0.3) is 0 Å². The number of fused-ring (bicyclic) bond motifs is 1. The molecular weight excluding hydrogens is 192 g/mol. The summed E-state index contributed by atoms with van der Waals surface area (Å²) in [7, 11) is 0. The average Bonchev–Trinajstić information content (AvgIpc) is 2.46. The van der Waals surface area contributed by atoms with Crippen LogP contribution < -0.4 is 0 Å². The fourth-order valence-electron chi connectivity index (χ4n) is 0.970. The number of aromatic nitrogens is 2. The minimum atomic E-state index is 0.281. The van der Waals surface area contributed by atoms with Gasteiger partial charge in [0.1, 0.15) is 0 Å². The fourth-order valence-corrected chi connectivity index (χ4v) is 1.95. The molecule has 0 unspecified atom stereocenters. The molecule has 0 saturated heterocycles. The number of nitrogens with zero attached hydrogens (tertiary/aromatic N) is 2. The van der Waals surface area contributed by atoms with Gasteiger partial charge in [-0.1, -0.05) is 12.7 Å². The molecule has 0 aliphatic carbocycles. The van der Waals surface area contributed by atoms with E-state index >= 15 is 0 Å². The van der Waals surface area contributed by atoms with Crippen LogP contribution in [-0.2, 0) is 0 Å². The van der Waals surface area contributed by atoms with Crippen molar-refractivity contribution in [2.24, 2.45) is 0 Å². The summed E-state index contributed by atoms with van der Waals surface area (Å²) in [4.78, 5) is 7.99. The van der Waals surface area contributed by atoms with E-state index in [0.29, 0.717) is 0 Å². The summed E-state index contributed by atoms with van der Waals surface area (Å²) in [6.07, 6.45) is 3.49. The van der Waals surface area contributed by atoms with Crippen molar-refractivity contribution >= 4 is 39.2 Å². The molecule has 2 aromatic heterocycles. The highest BCUT2D eigenvalue weighted by Crippen LogP contribution is 2.24. The first-order valence-electron chi connectivity index (χ1n) is 3.33. The summed E-state index contributed by atoms with van der Waals surface area (Å²) in [5.41, 5.74) is 1.90. The van der Waals surface area contributed by atoms with Gasteiger partial charge in [-0.3, -0.25) is 0 Å². The second-order valence-electron chi connectivity index (χ2n) is 2.25. The molecule has 2 rings (SSSR count). The zero-order valence-electron chi connectivity index (χ0n) is 6.12. The van der Waals surface area contributed by atoms with Gasteiger partial charge in [0.2, 0.25) is 5.28 Å². The van der Waals surface area contributed by atoms with E-state index in [9.17, 15) is 0 Å². The largest absolute Gasteiger partial charge is 0.225 e. The maximum absolute atomic E-state index is 5.65. The highest BCUT2D eigenvalue weighted by molar-refractivity contribution is 7.17. The van der Waals surface area contributed by atoms with Crippen LogP contribution in [0, 0.1) is 0 Å². The SMILES string of the molecule is C=Cc1csc2cnc(Cl)nc12. The van der Waals surface area contributed by atoms with Crippen LogP contribution in [0.5, 0.6) is 0 Å². The number of halogens is 1. The van der Waals surface area contributed by atoms with Gasteiger partial charge in [-0.15, -0.1) is 11.3 Å². The summed E-state index contributed by atoms with van der Waals surface area (Å²) >= 11 is 7.24. The summed E-state index contributed by atoms with van der Waals surface area (Å²) in [6, 6.07) is 0. The first-order chi connectivity index (χ1) is 5.81. The molecule has 0 aromatic carbocycles. The summed E-state index contributed by atoms with van der Waals surface area (Å²) < 4.78 is 1.04. The molecule has 2 aromatic rings. The molecule has 0 amide bonds. The summed E-state index contributed by atoms with van der Waals surface area (Å²) in [5, 5.41) is 2.27. The van der Waals surface area contributed by atoms with Gasteiger partial charge in [0, 0.05) is 17.1 Å². The van der Waals surface area contributed by atoms with Crippen LogP contribution >= 0.6 is 22.9 Å². The summed E-state index contributed by atoms with van der Waals surface area (Å²) in [5.74, 6) is 0.